The molecule has 1 unspecified atom stereocenters. The summed E-state index contributed by atoms with van der Waals surface area (Å²) in [6, 6.07) is 17.9. The van der Waals surface area contributed by atoms with Gasteiger partial charge in [0.25, 0.3) is 0 Å². The third-order valence-corrected chi connectivity index (χ3v) is 6.04. The van der Waals surface area contributed by atoms with Crippen molar-refractivity contribution >= 4 is 17.2 Å². The van der Waals surface area contributed by atoms with Gasteiger partial charge in [0.1, 0.15) is 0 Å². The van der Waals surface area contributed by atoms with Crippen LogP contribution in [0.5, 0.6) is 0 Å². The van der Waals surface area contributed by atoms with Gasteiger partial charge in [0.05, 0.1) is 6.04 Å². The first-order valence-corrected chi connectivity index (χ1v) is 10.4. The Labute approximate surface area is 173 Å². The fourth-order valence-corrected chi connectivity index (χ4v) is 4.23. The second-order valence-electron chi connectivity index (χ2n) is 8.09. The summed E-state index contributed by atoms with van der Waals surface area (Å²) < 4.78 is 0. The molecule has 0 aliphatic carbocycles. The van der Waals surface area contributed by atoms with Gasteiger partial charge in [-0.1, -0.05) is 42.0 Å². The highest BCUT2D eigenvalue weighted by Crippen LogP contribution is 2.38. The van der Waals surface area contributed by atoms with Gasteiger partial charge in [0.2, 0.25) is 5.96 Å². The van der Waals surface area contributed by atoms with Gasteiger partial charge in [-0.15, -0.1) is 0 Å². The number of aliphatic imine (C=N–C) groups is 1. The molecule has 0 radical (unpaired) electrons. The van der Waals surface area contributed by atoms with Crippen LogP contribution in [-0.4, -0.2) is 49.0 Å². The number of aryl methyl sites for hydroxylation is 1. The Bertz CT molecular complexity index is 890. The number of nitrogens with two attached hydrogens (primary N) is 1. The van der Waals surface area contributed by atoms with Crippen molar-refractivity contribution in [2.24, 2.45) is 10.7 Å². The molecule has 0 bridgehead atoms. The maximum Gasteiger partial charge on any atom is 0.201 e. The molecule has 2 aromatic carbocycles. The standard InChI is InChI=1S/C24H31N5/c1-17-4-6-18(7-5-17)22-16-27-24(29-14-12-20(25)13-15-29)28(3)23(22)19-8-10-21(26-2)11-9-19/h4-11,16,20,23,26H,12-15,25H2,1-3H3. The van der Waals surface area contributed by atoms with E-state index in [9.17, 15) is 0 Å². The Balaban J connectivity index is 1.73. The summed E-state index contributed by atoms with van der Waals surface area (Å²) in [5.41, 5.74) is 12.2. The van der Waals surface area contributed by atoms with Crippen LogP contribution >= 0.6 is 0 Å². The van der Waals surface area contributed by atoms with Gasteiger partial charge in [-0.25, -0.2) is 4.99 Å². The number of anilines is 1. The van der Waals surface area contributed by atoms with Crippen molar-refractivity contribution in [2.75, 3.05) is 32.5 Å². The molecular weight excluding hydrogens is 358 g/mol. The van der Waals surface area contributed by atoms with Crippen LogP contribution in [0.25, 0.3) is 5.57 Å². The van der Waals surface area contributed by atoms with E-state index in [2.05, 4.69) is 83.8 Å². The highest BCUT2D eigenvalue weighted by Gasteiger charge is 2.32. The topological polar surface area (TPSA) is 56.9 Å². The van der Waals surface area contributed by atoms with E-state index in [-0.39, 0.29) is 6.04 Å². The summed E-state index contributed by atoms with van der Waals surface area (Å²) in [6.07, 6.45) is 4.09. The number of guanidine groups is 1. The van der Waals surface area contributed by atoms with Gasteiger partial charge < -0.3 is 20.9 Å². The van der Waals surface area contributed by atoms with Crippen molar-refractivity contribution in [3.05, 3.63) is 71.4 Å². The van der Waals surface area contributed by atoms with Gasteiger partial charge in [-0.05, 0) is 43.0 Å². The molecule has 3 N–H and O–H groups in total. The van der Waals surface area contributed by atoms with Crippen LogP contribution in [0.1, 0.15) is 35.6 Å². The van der Waals surface area contributed by atoms with E-state index in [4.69, 9.17) is 10.7 Å². The molecule has 2 aliphatic heterocycles. The van der Waals surface area contributed by atoms with Gasteiger partial charge >= 0.3 is 0 Å². The Morgan fingerprint density at radius 1 is 1.00 bits per heavy atom. The number of rotatable bonds is 3. The zero-order valence-electron chi connectivity index (χ0n) is 17.6. The van der Waals surface area contributed by atoms with E-state index in [0.29, 0.717) is 6.04 Å². The van der Waals surface area contributed by atoms with Crippen molar-refractivity contribution < 1.29 is 0 Å². The van der Waals surface area contributed by atoms with Crippen molar-refractivity contribution in [1.82, 2.24) is 9.80 Å². The van der Waals surface area contributed by atoms with E-state index in [1.807, 2.05) is 7.05 Å². The van der Waals surface area contributed by atoms with Crippen LogP contribution in [-0.2, 0) is 0 Å². The highest BCUT2D eigenvalue weighted by atomic mass is 15.4. The lowest BCUT2D eigenvalue weighted by molar-refractivity contribution is 0.267. The lowest BCUT2D eigenvalue weighted by Gasteiger charge is -2.42. The summed E-state index contributed by atoms with van der Waals surface area (Å²) in [4.78, 5) is 9.60. The Morgan fingerprint density at radius 3 is 2.28 bits per heavy atom. The normalized spacial score (nSPS) is 20.3. The molecule has 0 saturated carbocycles. The summed E-state index contributed by atoms with van der Waals surface area (Å²) in [6.45, 7) is 4.04. The van der Waals surface area contributed by atoms with E-state index in [1.165, 1.54) is 22.3 Å². The summed E-state index contributed by atoms with van der Waals surface area (Å²) in [5.74, 6) is 1.04. The lowest BCUT2D eigenvalue weighted by atomic mass is 9.91. The zero-order chi connectivity index (χ0) is 20.4. The van der Waals surface area contributed by atoms with E-state index >= 15 is 0 Å². The summed E-state index contributed by atoms with van der Waals surface area (Å²) in [5, 5.41) is 3.21. The van der Waals surface area contributed by atoms with Crippen LogP contribution in [0.2, 0.25) is 0 Å². The first kappa shape index (κ1) is 19.5. The fourth-order valence-electron chi connectivity index (χ4n) is 4.23. The summed E-state index contributed by atoms with van der Waals surface area (Å²) >= 11 is 0. The van der Waals surface area contributed by atoms with Crippen LogP contribution in [0, 0.1) is 6.92 Å². The molecule has 1 saturated heterocycles. The minimum absolute atomic E-state index is 0.117. The van der Waals surface area contributed by atoms with Gasteiger partial charge in [0.15, 0.2) is 0 Å². The first-order valence-electron chi connectivity index (χ1n) is 10.4. The Morgan fingerprint density at radius 2 is 1.66 bits per heavy atom. The lowest BCUT2D eigenvalue weighted by Crippen LogP contribution is -2.50. The zero-order valence-corrected chi connectivity index (χ0v) is 17.6. The molecule has 152 valence electrons. The van der Waals surface area contributed by atoms with Crippen LogP contribution in [0.4, 0.5) is 5.69 Å². The molecule has 1 fully saturated rings. The number of nitrogens with one attached hydrogen (secondary N) is 1. The molecule has 29 heavy (non-hydrogen) atoms. The number of hydrogen-bond donors (Lipinski definition) is 2. The SMILES string of the molecule is CNc1ccc(C2C(c3ccc(C)cc3)=CN=C(N3CCC(N)CC3)N2C)cc1. The van der Waals surface area contributed by atoms with Crippen LogP contribution < -0.4 is 11.1 Å². The van der Waals surface area contributed by atoms with Gasteiger partial charge in [-0.2, -0.15) is 0 Å². The van der Waals surface area contributed by atoms with Crippen molar-refractivity contribution in [3.63, 3.8) is 0 Å². The Kier molecular flexibility index (Phi) is 5.58. The van der Waals surface area contributed by atoms with Crippen LogP contribution in [0.15, 0.2) is 59.7 Å². The quantitative estimate of drug-likeness (QED) is 0.837. The maximum absolute atomic E-state index is 6.12. The molecule has 0 aromatic heterocycles. The maximum atomic E-state index is 6.12. The molecule has 1 atom stereocenters. The Hall–Kier alpha value is -2.79. The number of nitrogens with zero attached hydrogens (tertiary/aromatic N) is 3. The first-order chi connectivity index (χ1) is 14.1. The number of likely N-dealkylation sites (N-methyl/N-ethyl adjacent to an activating group) is 1. The second-order valence-corrected chi connectivity index (χ2v) is 8.09. The van der Waals surface area contributed by atoms with Crippen molar-refractivity contribution in [1.29, 1.82) is 0 Å². The number of likely N-dealkylation sites (tertiary alicyclic amines) is 1. The fraction of sp³-hybridized carbons (Fsp3) is 0.375. The molecular formula is C24H31N5. The van der Waals surface area contributed by atoms with Crippen molar-refractivity contribution in [3.8, 4) is 0 Å². The third-order valence-electron chi connectivity index (χ3n) is 6.04. The minimum Gasteiger partial charge on any atom is -0.388 e. The van der Waals surface area contributed by atoms with Crippen LogP contribution in [0.3, 0.4) is 0 Å². The molecule has 0 spiro atoms. The minimum atomic E-state index is 0.117. The van der Waals surface area contributed by atoms with Gasteiger partial charge in [0, 0.05) is 50.7 Å². The van der Waals surface area contributed by atoms with E-state index in [1.54, 1.807) is 0 Å². The molecule has 2 aromatic rings. The summed E-state index contributed by atoms with van der Waals surface area (Å²) in [7, 11) is 4.11. The number of hydrogen-bond acceptors (Lipinski definition) is 5. The monoisotopic (exact) mass is 389 g/mol. The predicted molar refractivity (Wildman–Crippen MR) is 122 cm³/mol. The largest absolute Gasteiger partial charge is 0.388 e. The highest BCUT2D eigenvalue weighted by molar-refractivity contribution is 5.88. The molecule has 0 amide bonds. The van der Waals surface area contributed by atoms with Gasteiger partial charge in [-0.3, -0.25) is 0 Å². The third kappa shape index (κ3) is 4.01. The van der Waals surface area contributed by atoms with E-state index < -0.39 is 0 Å². The molecule has 2 heterocycles. The average molecular weight is 390 g/mol. The number of piperidine rings is 1. The molecule has 2 aliphatic rings. The molecule has 5 nitrogen and oxygen atoms in total. The van der Waals surface area contributed by atoms with E-state index in [0.717, 1.165) is 37.6 Å². The number of benzene rings is 2. The predicted octanol–water partition coefficient (Wildman–Crippen LogP) is 3.84. The molecule has 4 rings (SSSR count). The average Bonchev–Trinajstić information content (AvgIpc) is 2.75. The van der Waals surface area contributed by atoms with Crippen molar-refractivity contribution in [2.45, 2.75) is 31.8 Å². The smallest absolute Gasteiger partial charge is 0.201 e. The second kappa shape index (κ2) is 8.29. The molecule has 5 heteroatoms.